The zero-order valence-electron chi connectivity index (χ0n) is 12.5. The lowest BCUT2D eigenvalue weighted by Gasteiger charge is -2.24. The number of hydrogen-bond acceptors (Lipinski definition) is 3. The molecule has 0 aliphatic heterocycles. The molecule has 0 bridgehead atoms. The van der Waals surface area contributed by atoms with Crippen molar-refractivity contribution in [3.8, 4) is 0 Å². The Morgan fingerprint density at radius 3 is 2.24 bits per heavy atom. The molecule has 0 spiro atoms. The fraction of sp³-hybridized carbons (Fsp3) is 0.250. The lowest BCUT2D eigenvalue weighted by molar-refractivity contribution is 0.591. The van der Waals surface area contributed by atoms with Crippen LogP contribution in [0.25, 0.3) is 0 Å². The first-order valence-electron chi connectivity index (χ1n) is 6.82. The molecule has 0 unspecified atom stereocenters. The molecular formula is C16H20N2O2S. The van der Waals surface area contributed by atoms with Gasteiger partial charge in [-0.2, -0.15) is 0 Å². The van der Waals surface area contributed by atoms with E-state index >= 15 is 0 Å². The van der Waals surface area contributed by atoms with Crippen molar-refractivity contribution >= 4 is 21.4 Å². The molecule has 2 rings (SSSR count). The normalized spacial score (nSPS) is 11.4. The molecule has 2 N–H and O–H groups in total. The Bertz CT molecular complexity index is 737. The summed E-state index contributed by atoms with van der Waals surface area (Å²) in [7, 11) is -3.58. The first-order valence-corrected chi connectivity index (χ1v) is 8.26. The molecule has 0 amide bonds. The fourth-order valence-electron chi connectivity index (χ4n) is 2.24. The van der Waals surface area contributed by atoms with Crippen LogP contribution in [0.5, 0.6) is 0 Å². The van der Waals surface area contributed by atoms with Crippen LogP contribution < -0.4 is 10.0 Å². The van der Waals surface area contributed by atoms with Crippen LogP contribution in [0, 0.1) is 13.8 Å². The molecule has 0 saturated heterocycles. The summed E-state index contributed by atoms with van der Waals surface area (Å²) in [4.78, 5) is 0.348. The van der Waals surface area contributed by atoms with Gasteiger partial charge in [0.1, 0.15) is 0 Å². The van der Waals surface area contributed by atoms with Crippen LogP contribution in [0.1, 0.15) is 18.1 Å². The van der Waals surface area contributed by atoms with Crippen LogP contribution in [0.4, 0.5) is 11.4 Å². The van der Waals surface area contributed by atoms with Crippen LogP contribution in [-0.2, 0) is 10.0 Å². The molecule has 4 nitrogen and oxygen atoms in total. The van der Waals surface area contributed by atoms with Crippen LogP contribution in [0.3, 0.4) is 0 Å². The smallest absolute Gasteiger partial charge is 0.264 e. The van der Waals surface area contributed by atoms with Crippen molar-refractivity contribution in [3.63, 3.8) is 0 Å². The van der Waals surface area contributed by atoms with Crippen LogP contribution in [0.2, 0.25) is 0 Å². The van der Waals surface area contributed by atoms with Gasteiger partial charge in [-0.3, -0.25) is 4.31 Å². The van der Waals surface area contributed by atoms with Crippen LogP contribution in [-0.4, -0.2) is 15.0 Å². The number of nitrogen functional groups attached to an aromatic ring is 1. The highest BCUT2D eigenvalue weighted by Crippen LogP contribution is 2.26. The molecule has 0 fully saturated rings. The maximum absolute atomic E-state index is 12.9. The molecule has 0 heterocycles. The zero-order chi connectivity index (χ0) is 15.6. The molecule has 21 heavy (non-hydrogen) atoms. The molecule has 0 atom stereocenters. The number of sulfonamides is 1. The van der Waals surface area contributed by atoms with E-state index < -0.39 is 10.0 Å². The van der Waals surface area contributed by atoms with Gasteiger partial charge in [0.25, 0.3) is 10.0 Å². The van der Waals surface area contributed by atoms with E-state index in [1.807, 2.05) is 32.9 Å². The van der Waals surface area contributed by atoms with Crippen molar-refractivity contribution in [1.29, 1.82) is 0 Å². The number of aryl methyl sites for hydroxylation is 2. The van der Waals surface area contributed by atoms with Crippen molar-refractivity contribution < 1.29 is 8.42 Å². The second-order valence-corrected chi connectivity index (χ2v) is 6.86. The summed E-state index contributed by atoms with van der Waals surface area (Å²) in [5.74, 6) is 0. The van der Waals surface area contributed by atoms with Gasteiger partial charge in [-0.15, -0.1) is 0 Å². The minimum absolute atomic E-state index is 0.348. The van der Waals surface area contributed by atoms with Gasteiger partial charge in [0, 0.05) is 12.2 Å². The highest BCUT2D eigenvalue weighted by Gasteiger charge is 2.25. The standard InChI is InChI=1S/C16H20N2O2S/c1-4-18(15-9-7-14(17)8-10-15)21(19,20)16-11-12(2)5-6-13(16)3/h5-11H,4,17H2,1-3H3. The summed E-state index contributed by atoms with van der Waals surface area (Å²) in [5.41, 5.74) is 8.56. The van der Waals surface area contributed by atoms with E-state index in [0.29, 0.717) is 22.8 Å². The van der Waals surface area contributed by atoms with Crippen molar-refractivity contribution in [2.24, 2.45) is 0 Å². The maximum Gasteiger partial charge on any atom is 0.264 e. The summed E-state index contributed by atoms with van der Waals surface area (Å²) in [6.45, 7) is 5.87. The molecule has 0 radical (unpaired) electrons. The van der Waals surface area contributed by atoms with E-state index in [9.17, 15) is 8.42 Å². The van der Waals surface area contributed by atoms with Crippen molar-refractivity contribution in [1.82, 2.24) is 0 Å². The quantitative estimate of drug-likeness (QED) is 0.883. The number of nitrogens with zero attached hydrogens (tertiary/aromatic N) is 1. The van der Waals surface area contributed by atoms with Crippen LogP contribution in [0.15, 0.2) is 47.4 Å². The third kappa shape index (κ3) is 3.03. The van der Waals surface area contributed by atoms with Gasteiger partial charge in [-0.25, -0.2) is 8.42 Å². The number of anilines is 2. The highest BCUT2D eigenvalue weighted by atomic mass is 32.2. The number of hydrogen-bond donors (Lipinski definition) is 1. The van der Waals surface area contributed by atoms with Gasteiger partial charge in [0.15, 0.2) is 0 Å². The number of rotatable bonds is 4. The molecule has 0 saturated carbocycles. The number of nitrogens with two attached hydrogens (primary N) is 1. The summed E-state index contributed by atoms with van der Waals surface area (Å²) in [6.07, 6.45) is 0. The van der Waals surface area contributed by atoms with Crippen molar-refractivity contribution in [2.45, 2.75) is 25.7 Å². The molecular weight excluding hydrogens is 284 g/mol. The Kier molecular flexibility index (Phi) is 4.23. The largest absolute Gasteiger partial charge is 0.399 e. The lowest BCUT2D eigenvalue weighted by Crippen LogP contribution is -2.31. The molecule has 112 valence electrons. The third-order valence-electron chi connectivity index (χ3n) is 3.38. The van der Waals surface area contributed by atoms with Crippen molar-refractivity contribution in [2.75, 3.05) is 16.6 Å². The average molecular weight is 304 g/mol. The predicted molar refractivity (Wildman–Crippen MR) is 87.0 cm³/mol. The zero-order valence-corrected chi connectivity index (χ0v) is 13.3. The second kappa shape index (κ2) is 5.77. The first kappa shape index (κ1) is 15.4. The van der Waals surface area contributed by atoms with E-state index in [4.69, 9.17) is 5.73 Å². The maximum atomic E-state index is 12.9. The van der Waals surface area contributed by atoms with Crippen molar-refractivity contribution in [3.05, 3.63) is 53.6 Å². The Morgan fingerprint density at radius 1 is 1.05 bits per heavy atom. The molecule has 2 aromatic rings. The minimum Gasteiger partial charge on any atom is -0.399 e. The lowest BCUT2D eigenvalue weighted by atomic mass is 10.2. The van der Waals surface area contributed by atoms with Gasteiger partial charge in [-0.05, 0) is 62.2 Å². The van der Waals surface area contributed by atoms with Gasteiger partial charge < -0.3 is 5.73 Å². The average Bonchev–Trinajstić information content (AvgIpc) is 2.44. The fourth-order valence-corrected chi connectivity index (χ4v) is 4.02. The minimum atomic E-state index is -3.58. The molecule has 0 aliphatic rings. The highest BCUT2D eigenvalue weighted by molar-refractivity contribution is 7.92. The van der Waals surface area contributed by atoms with E-state index in [2.05, 4.69) is 0 Å². The Labute approximate surface area is 126 Å². The summed E-state index contributed by atoms with van der Waals surface area (Å²) < 4.78 is 27.2. The predicted octanol–water partition coefficient (Wildman–Crippen LogP) is 3.10. The number of benzene rings is 2. The Balaban J connectivity index is 2.54. The first-order chi connectivity index (χ1) is 9.86. The van der Waals surface area contributed by atoms with E-state index in [-0.39, 0.29) is 0 Å². The van der Waals surface area contributed by atoms with E-state index in [1.54, 1.807) is 30.3 Å². The van der Waals surface area contributed by atoms with Gasteiger partial charge >= 0.3 is 0 Å². The SMILES string of the molecule is CCN(c1ccc(N)cc1)S(=O)(=O)c1cc(C)ccc1C. The summed E-state index contributed by atoms with van der Waals surface area (Å²) >= 11 is 0. The van der Waals surface area contributed by atoms with E-state index in [1.165, 1.54) is 4.31 Å². The molecule has 0 aliphatic carbocycles. The van der Waals surface area contributed by atoms with Gasteiger partial charge in [0.2, 0.25) is 0 Å². The molecule has 2 aromatic carbocycles. The van der Waals surface area contributed by atoms with Gasteiger partial charge in [0.05, 0.1) is 10.6 Å². The summed E-state index contributed by atoms with van der Waals surface area (Å²) in [5, 5.41) is 0. The van der Waals surface area contributed by atoms with E-state index in [0.717, 1.165) is 11.1 Å². The monoisotopic (exact) mass is 304 g/mol. The summed E-state index contributed by atoms with van der Waals surface area (Å²) in [6, 6.07) is 12.3. The Hall–Kier alpha value is -2.01. The second-order valence-electron chi connectivity index (χ2n) is 5.03. The van der Waals surface area contributed by atoms with Gasteiger partial charge in [-0.1, -0.05) is 12.1 Å². The van der Waals surface area contributed by atoms with Crippen LogP contribution >= 0.6 is 0 Å². The Morgan fingerprint density at radius 2 is 1.67 bits per heavy atom. The molecule has 5 heteroatoms. The topological polar surface area (TPSA) is 63.4 Å². The molecule has 0 aromatic heterocycles. The third-order valence-corrected chi connectivity index (χ3v) is 5.42.